The van der Waals surface area contributed by atoms with Crippen molar-refractivity contribution in [3.63, 3.8) is 0 Å². The fraction of sp³-hybridized carbons (Fsp3) is 0.545. The molecule has 0 aromatic carbocycles. The van der Waals surface area contributed by atoms with Gasteiger partial charge in [0, 0.05) is 13.0 Å². The van der Waals surface area contributed by atoms with Crippen LogP contribution in [0.2, 0.25) is 0 Å². The number of hydrogen-bond donors (Lipinski definition) is 1. The van der Waals surface area contributed by atoms with Crippen molar-refractivity contribution in [1.82, 2.24) is 4.98 Å². The van der Waals surface area contributed by atoms with Gasteiger partial charge >= 0.3 is 5.97 Å². The molecule has 1 heterocycles. The molecule has 0 spiro atoms. The lowest BCUT2D eigenvalue weighted by molar-refractivity contribution is 0.0517. The largest absolute Gasteiger partial charge is 0.461 e. The Morgan fingerprint density at radius 1 is 1.47 bits per heavy atom. The van der Waals surface area contributed by atoms with Crippen LogP contribution in [0.15, 0.2) is 0 Å². The summed E-state index contributed by atoms with van der Waals surface area (Å²) in [4.78, 5) is 27.5. The van der Waals surface area contributed by atoms with E-state index >= 15 is 0 Å². The predicted octanol–water partition coefficient (Wildman–Crippen LogP) is 2.34. The number of ketones is 1. The second-order valence-corrected chi connectivity index (χ2v) is 4.77. The smallest absolute Gasteiger partial charge is 0.358 e. The van der Waals surface area contributed by atoms with Crippen molar-refractivity contribution in [2.45, 2.75) is 33.7 Å². The van der Waals surface area contributed by atoms with E-state index in [1.807, 2.05) is 13.8 Å². The number of nitrogens with zero attached hydrogens (tertiary/aromatic N) is 1. The van der Waals surface area contributed by atoms with E-state index in [1.165, 1.54) is 18.3 Å². The van der Waals surface area contributed by atoms with Gasteiger partial charge in [0.1, 0.15) is 4.88 Å². The van der Waals surface area contributed by atoms with Crippen LogP contribution < -0.4 is 5.32 Å². The minimum atomic E-state index is -0.550. The first kappa shape index (κ1) is 13.6. The molecule has 17 heavy (non-hydrogen) atoms. The van der Waals surface area contributed by atoms with Crippen LogP contribution in [-0.4, -0.2) is 29.4 Å². The van der Waals surface area contributed by atoms with Crippen LogP contribution in [0.4, 0.5) is 5.13 Å². The fourth-order valence-corrected chi connectivity index (χ4v) is 2.20. The van der Waals surface area contributed by atoms with Crippen molar-refractivity contribution in [2.75, 3.05) is 11.9 Å². The van der Waals surface area contributed by atoms with Crippen molar-refractivity contribution < 1.29 is 14.3 Å². The summed E-state index contributed by atoms with van der Waals surface area (Å²) in [6, 6.07) is 0.191. The highest BCUT2D eigenvalue weighted by Crippen LogP contribution is 2.24. The SMILES string of the molecule is CCOC(=O)c1nc(NC(C)C)sc1C(C)=O. The Kier molecular flexibility index (Phi) is 4.62. The Balaban J connectivity index is 3.05. The predicted molar refractivity (Wildman–Crippen MR) is 66.8 cm³/mol. The molecule has 1 rings (SSSR count). The van der Waals surface area contributed by atoms with Crippen molar-refractivity contribution in [3.8, 4) is 0 Å². The second kappa shape index (κ2) is 5.77. The topological polar surface area (TPSA) is 68.3 Å². The van der Waals surface area contributed by atoms with E-state index in [1.54, 1.807) is 6.92 Å². The second-order valence-electron chi connectivity index (χ2n) is 3.77. The van der Waals surface area contributed by atoms with Crippen molar-refractivity contribution >= 4 is 28.2 Å². The van der Waals surface area contributed by atoms with E-state index in [2.05, 4.69) is 10.3 Å². The number of anilines is 1. The van der Waals surface area contributed by atoms with Gasteiger partial charge in [-0.15, -0.1) is 0 Å². The molecule has 0 radical (unpaired) electrons. The molecule has 0 aliphatic carbocycles. The summed E-state index contributed by atoms with van der Waals surface area (Å²) in [6.45, 7) is 7.30. The quantitative estimate of drug-likeness (QED) is 0.647. The van der Waals surface area contributed by atoms with E-state index in [9.17, 15) is 9.59 Å². The van der Waals surface area contributed by atoms with Crippen LogP contribution in [0.25, 0.3) is 0 Å². The Hall–Kier alpha value is -1.43. The molecule has 0 amide bonds. The molecular weight excluding hydrogens is 240 g/mol. The van der Waals surface area contributed by atoms with Gasteiger partial charge < -0.3 is 10.1 Å². The number of hydrogen-bond acceptors (Lipinski definition) is 6. The highest BCUT2D eigenvalue weighted by Gasteiger charge is 2.22. The molecule has 1 aromatic rings. The number of Topliss-reactive ketones (excluding diaryl/α,β-unsaturated/α-hetero) is 1. The Bertz CT molecular complexity index is 426. The van der Waals surface area contributed by atoms with Gasteiger partial charge in [0.2, 0.25) is 0 Å². The normalized spacial score (nSPS) is 10.4. The Morgan fingerprint density at radius 3 is 2.59 bits per heavy atom. The van der Waals surface area contributed by atoms with Gasteiger partial charge in [-0.3, -0.25) is 4.79 Å². The monoisotopic (exact) mass is 256 g/mol. The summed E-state index contributed by atoms with van der Waals surface area (Å²) >= 11 is 1.18. The highest BCUT2D eigenvalue weighted by atomic mass is 32.1. The number of nitrogens with one attached hydrogen (secondary N) is 1. The molecule has 6 heteroatoms. The van der Waals surface area contributed by atoms with Gasteiger partial charge in [0.25, 0.3) is 0 Å². The van der Waals surface area contributed by atoms with E-state index in [0.29, 0.717) is 10.0 Å². The van der Waals surface area contributed by atoms with Gasteiger partial charge in [-0.25, -0.2) is 9.78 Å². The molecule has 0 atom stereocenters. The van der Waals surface area contributed by atoms with Gasteiger partial charge in [-0.2, -0.15) is 0 Å². The van der Waals surface area contributed by atoms with Crippen molar-refractivity contribution in [3.05, 3.63) is 10.6 Å². The summed E-state index contributed by atoms with van der Waals surface area (Å²) < 4.78 is 4.86. The Labute approximate surface area is 104 Å². The average Bonchev–Trinajstić information content (AvgIpc) is 2.61. The molecule has 1 N–H and O–H groups in total. The third-order valence-corrected chi connectivity index (χ3v) is 2.92. The van der Waals surface area contributed by atoms with E-state index < -0.39 is 5.97 Å². The molecule has 0 bridgehead atoms. The molecule has 0 aliphatic heterocycles. The first-order chi connectivity index (χ1) is 7.95. The van der Waals surface area contributed by atoms with Crippen LogP contribution in [0, 0.1) is 0 Å². The zero-order valence-electron chi connectivity index (χ0n) is 10.4. The minimum Gasteiger partial charge on any atom is -0.461 e. The van der Waals surface area contributed by atoms with Gasteiger partial charge in [0.05, 0.1) is 6.61 Å². The maximum absolute atomic E-state index is 11.6. The first-order valence-corrected chi connectivity index (χ1v) is 6.22. The van der Waals surface area contributed by atoms with Crippen LogP contribution in [0.3, 0.4) is 0 Å². The molecule has 5 nitrogen and oxygen atoms in total. The number of aromatic nitrogens is 1. The summed E-state index contributed by atoms with van der Waals surface area (Å²) in [7, 11) is 0. The number of ether oxygens (including phenoxy) is 1. The number of carbonyl (C=O) groups excluding carboxylic acids is 2. The highest BCUT2D eigenvalue weighted by molar-refractivity contribution is 7.17. The average molecular weight is 256 g/mol. The summed E-state index contributed by atoms with van der Waals surface area (Å²) in [5, 5.41) is 3.63. The maximum Gasteiger partial charge on any atom is 0.358 e. The molecular formula is C11H16N2O3S. The number of thiazole rings is 1. The fourth-order valence-electron chi connectivity index (χ4n) is 1.21. The van der Waals surface area contributed by atoms with Gasteiger partial charge in [-0.1, -0.05) is 11.3 Å². The molecule has 0 unspecified atom stereocenters. The lowest BCUT2D eigenvalue weighted by Crippen LogP contribution is -2.11. The van der Waals surface area contributed by atoms with E-state index in [4.69, 9.17) is 4.74 Å². The molecule has 0 fully saturated rings. The zero-order chi connectivity index (χ0) is 13.0. The van der Waals surface area contributed by atoms with Crippen LogP contribution >= 0.6 is 11.3 Å². The standard InChI is InChI=1S/C11H16N2O3S/c1-5-16-10(15)8-9(7(4)14)17-11(13-8)12-6(2)3/h6H,5H2,1-4H3,(H,12,13). The van der Waals surface area contributed by atoms with Gasteiger partial charge in [0.15, 0.2) is 16.6 Å². The first-order valence-electron chi connectivity index (χ1n) is 5.41. The summed E-state index contributed by atoms with van der Waals surface area (Å²) in [6.07, 6.45) is 0. The number of esters is 1. The van der Waals surface area contributed by atoms with Crippen LogP contribution in [-0.2, 0) is 4.74 Å². The van der Waals surface area contributed by atoms with Crippen molar-refractivity contribution in [1.29, 1.82) is 0 Å². The lowest BCUT2D eigenvalue weighted by Gasteiger charge is -2.04. The Morgan fingerprint density at radius 2 is 2.12 bits per heavy atom. The molecule has 1 aromatic heterocycles. The van der Waals surface area contributed by atoms with Crippen molar-refractivity contribution in [2.24, 2.45) is 0 Å². The maximum atomic E-state index is 11.6. The number of carbonyl (C=O) groups is 2. The van der Waals surface area contributed by atoms with Crippen LogP contribution in [0.1, 0.15) is 47.9 Å². The lowest BCUT2D eigenvalue weighted by atomic mass is 10.3. The molecule has 94 valence electrons. The molecule has 0 saturated heterocycles. The van der Waals surface area contributed by atoms with E-state index in [0.717, 1.165) is 0 Å². The van der Waals surface area contributed by atoms with Gasteiger partial charge in [-0.05, 0) is 20.8 Å². The van der Waals surface area contributed by atoms with E-state index in [-0.39, 0.29) is 24.1 Å². The third kappa shape index (κ3) is 3.52. The summed E-state index contributed by atoms with van der Waals surface area (Å²) in [5.41, 5.74) is 0.104. The molecule has 0 saturated carbocycles. The minimum absolute atomic E-state index is 0.104. The summed E-state index contributed by atoms with van der Waals surface area (Å²) in [5.74, 6) is -0.729. The molecule has 0 aliphatic rings. The zero-order valence-corrected chi connectivity index (χ0v) is 11.2. The third-order valence-electron chi connectivity index (χ3n) is 1.83. The number of rotatable bonds is 5. The van der Waals surface area contributed by atoms with Crippen LogP contribution in [0.5, 0.6) is 0 Å².